The second-order valence-corrected chi connectivity index (χ2v) is 12.6. The first kappa shape index (κ1) is 30.7. The summed E-state index contributed by atoms with van der Waals surface area (Å²) in [6.45, 7) is 2.82. The van der Waals surface area contributed by atoms with Crippen molar-refractivity contribution in [1.29, 1.82) is 0 Å². The van der Waals surface area contributed by atoms with Crippen LogP contribution in [-0.2, 0) is 25.7 Å². The maximum absolute atomic E-state index is 13.6. The normalized spacial score (nSPS) is 15.3. The van der Waals surface area contributed by atoms with E-state index in [9.17, 15) is 26.4 Å². The largest absolute Gasteiger partial charge is 0.416 e. The predicted molar refractivity (Wildman–Crippen MR) is 155 cm³/mol. The number of morpholine rings is 1. The molecule has 1 saturated heterocycles. The highest BCUT2D eigenvalue weighted by Gasteiger charge is 2.31. The van der Waals surface area contributed by atoms with Crippen molar-refractivity contribution in [3.8, 4) is 17.1 Å². The van der Waals surface area contributed by atoms with Crippen molar-refractivity contribution in [3.05, 3.63) is 90.0 Å². The molecule has 1 fully saturated rings. The first-order valence-electron chi connectivity index (χ1n) is 13.3. The van der Waals surface area contributed by atoms with Crippen LogP contribution in [0.2, 0.25) is 0 Å². The van der Waals surface area contributed by atoms with E-state index in [0.29, 0.717) is 5.56 Å². The summed E-state index contributed by atoms with van der Waals surface area (Å²) in [5.41, 5.74) is 0.478. The molecule has 0 radical (unpaired) electrons. The van der Waals surface area contributed by atoms with E-state index in [0.717, 1.165) is 29.5 Å². The Kier molecular flexibility index (Phi) is 9.20. The molecule has 1 unspecified atom stereocenters. The molecule has 43 heavy (non-hydrogen) atoms. The van der Waals surface area contributed by atoms with Gasteiger partial charge in [0.2, 0.25) is 15.9 Å². The van der Waals surface area contributed by atoms with Gasteiger partial charge in [0.15, 0.2) is 11.0 Å². The van der Waals surface area contributed by atoms with Crippen LogP contribution < -0.4 is 5.32 Å². The molecule has 0 saturated carbocycles. The summed E-state index contributed by atoms with van der Waals surface area (Å²) in [5, 5.41) is 11.5. The Hall–Kier alpha value is -3.72. The first-order chi connectivity index (χ1) is 20.5. The van der Waals surface area contributed by atoms with E-state index in [1.54, 1.807) is 12.1 Å². The predicted octanol–water partition coefficient (Wildman–Crippen LogP) is 4.94. The molecule has 0 bridgehead atoms. The molecule has 5 rings (SSSR count). The van der Waals surface area contributed by atoms with Crippen molar-refractivity contribution in [1.82, 2.24) is 24.4 Å². The maximum Gasteiger partial charge on any atom is 0.416 e. The number of nitrogens with zero attached hydrogens (tertiary/aromatic N) is 4. The highest BCUT2D eigenvalue weighted by molar-refractivity contribution is 7.99. The quantitative estimate of drug-likeness (QED) is 0.261. The van der Waals surface area contributed by atoms with Gasteiger partial charge >= 0.3 is 6.18 Å². The van der Waals surface area contributed by atoms with Gasteiger partial charge < -0.3 is 10.1 Å². The Morgan fingerprint density at radius 3 is 2.44 bits per heavy atom. The first-order valence-corrected chi connectivity index (χ1v) is 15.7. The Balaban J connectivity index is 1.48. The number of hydrogen-bond donors (Lipinski definition) is 1. The number of rotatable bonds is 9. The van der Waals surface area contributed by atoms with Crippen molar-refractivity contribution in [2.45, 2.75) is 29.2 Å². The lowest BCUT2D eigenvalue weighted by molar-refractivity contribution is -0.137. The van der Waals surface area contributed by atoms with Crippen LogP contribution >= 0.6 is 11.8 Å². The molecule has 2 heterocycles. The molecule has 0 aliphatic carbocycles. The van der Waals surface area contributed by atoms with E-state index in [-0.39, 0.29) is 65.6 Å². The molecule has 1 N–H and O–H groups in total. The van der Waals surface area contributed by atoms with Gasteiger partial charge in [-0.15, -0.1) is 10.2 Å². The highest BCUT2D eigenvalue weighted by Crippen LogP contribution is 2.34. The van der Waals surface area contributed by atoms with E-state index in [4.69, 9.17) is 4.74 Å². The second-order valence-electron chi connectivity index (χ2n) is 9.72. The lowest BCUT2D eigenvalue weighted by Gasteiger charge is -2.26. The number of thioether (sulfide) groups is 1. The zero-order valence-electron chi connectivity index (χ0n) is 23.0. The molecule has 1 aliphatic heterocycles. The van der Waals surface area contributed by atoms with Crippen LogP contribution in [0.5, 0.6) is 0 Å². The van der Waals surface area contributed by atoms with E-state index in [1.807, 2.05) is 37.3 Å². The average Bonchev–Trinajstić information content (AvgIpc) is 3.45. The number of ether oxygens (including phenoxy) is 1. The molecule has 9 nitrogen and oxygen atoms in total. The number of sulfonamides is 1. The number of carbonyl (C=O) groups excluding carboxylic acids is 1. The van der Waals surface area contributed by atoms with Gasteiger partial charge in [0.05, 0.1) is 41.2 Å². The molecule has 3 aromatic carbocycles. The lowest BCUT2D eigenvalue weighted by atomic mass is 10.1. The van der Waals surface area contributed by atoms with Crippen molar-refractivity contribution >= 4 is 27.7 Å². The summed E-state index contributed by atoms with van der Waals surface area (Å²) >= 11 is 1.00. The number of halogens is 3. The van der Waals surface area contributed by atoms with Gasteiger partial charge in [-0.2, -0.15) is 17.5 Å². The van der Waals surface area contributed by atoms with Crippen LogP contribution in [0.1, 0.15) is 24.1 Å². The van der Waals surface area contributed by atoms with Gasteiger partial charge in [-0.05, 0) is 42.8 Å². The zero-order valence-corrected chi connectivity index (χ0v) is 24.6. The SMILES string of the molecule is CC(NC(=O)CSc1nnc(-c2cccc(S(=O)(=O)N3CCOCC3)c2)n1-c1cccc(C(F)(F)F)c1)c1ccccc1. The molecule has 1 aliphatic rings. The minimum Gasteiger partial charge on any atom is -0.379 e. The number of benzene rings is 3. The Morgan fingerprint density at radius 2 is 1.72 bits per heavy atom. The summed E-state index contributed by atoms with van der Waals surface area (Å²) < 4.78 is 75.5. The summed E-state index contributed by atoms with van der Waals surface area (Å²) in [5.74, 6) is -0.265. The van der Waals surface area contributed by atoms with Gasteiger partial charge in [0.1, 0.15) is 0 Å². The van der Waals surface area contributed by atoms with Gasteiger partial charge in [0, 0.05) is 18.7 Å². The smallest absolute Gasteiger partial charge is 0.379 e. The highest BCUT2D eigenvalue weighted by atomic mass is 32.2. The minimum atomic E-state index is -4.60. The fraction of sp³-hybridized carbons (Fsp3) is 0.276. The summed E-state index contributed by atoms with van der Waals surface area (Å²) in [6.07, 6.45) is -4.60. The molecule has 1 amide bonds. The number of hydrogen-bond acceptors (Lipinski definition) is 7. The van der Waals surface area contributed by atoms with E-state index < -0.39 is 21.8 Å². The van der Waals surface area contributed by atoms with Gasteiger partial charge in [-0.3, -0.25) is 9.36 Å². The molecule has 1 atom stereocenters. The molecule has 1 aromatic heterocycles. The standard InChI is InChI=1S/C29H28F3N5O4S2/c1-20(21-7-3-2-4-8-21)33-26(38)19-42-28-35-34-27(37(28)24-11-6-10-23(18-24)29(30,31)32)22-9-5-12-25(17-22)43(39,40)36-13-15-41-16-14-36/h2-12,17-18,20H,13-16,19H2,1H3,(H,33,38). The Bertz CT molecular complexity index is 1690. The number of carbonyl (C=O) groups is 1. The number of amides is 1. The second kappa shape index (κ2) is 12.9. The van der Waals surface area contributed by atoms with Gasteiger partial charge in [-0.25, -0.2) is 8.42 Å². The van der Waals surface area contributed by atoms with Gasteiger partial charge in [0.25, 0.3) is 0 Å². The van der Waals surface area contributed by atoms with Crippen LogP contribution in [0.3, 0.4) is 0 Å². The monoisotopic (exact) mass is 631 g/mol. The number of aromatic nitrogens is 3. The van der Waals surface area contributed by atoms with Crippen molar-refractivity contribution < 1.29 is 31.1 Å². The molecule has 226 valence electrons. The molecule has 4 aromatic rings. The molecule has 14 heteroatoms. The van der Waals surface area contributed by atoms with E-state index in [2.05, 4.69) is 15.5 Å². The molecule has 0 spiro atoms. The van der Waals surface area contributed by atoms with Crippen molar-refractivity contribution in [2.24, 2.45) is 0 Å². The van der Waals surface area contributed by atoms with Crippen LogP contribution in [-0.4, -0.2) is 65.5 Å². The number of nitrogens with one attached hydrogen (secondary N) is 1. The van der Waals surface area contributed by atoms with E-state index >= 15 is 0 Å². The van der Waals surface area contributed by atoms with Crippen LogP contribution in [0.15, 0.2) is 88.9 Å². The maximum atomic E-state index is 13.6. The van der Waals surface area contributed by atoms with E-state index in [1.165, 1.54) is 33.1 Å². The fourth-order valence-corrected chi connectivity index (χ4v) is 6.79. The van der Waals surface area contributed by atoms with Crippen molar-refractivity contribution in [2.75, 3.05) is 32.1 Å². The fourth-order valence-electron chi connectivity index (χ4n) is 4.57. The van der Waals surface area contributed by atoms with Gasteiger partial charge in [-0.1, -0.05) is 60.3 Å². The van der Waals surface area contributed by atoms with Crippen LogP contribution in [0.25, 0.3) is 17.1 Å². The summed E-state index contributed by atoms with van der Waals surface area (Å²) in [6, 6.07) is 19.8. The van der Waals surface area contributed by atoms with Crippen LogP contribution in [0.4, 0.5) is 13.2 Å². The summed E-state index contributed by atoms with van der Waals surface area (Å²) in [4.78, 5) is 12.8. The lowest BCUT2D eigenvalue weighted by Crippen LogP contribution is -2.40. The Labute approximate surface area is 251 Å². The summed E-state index contributed by atoms with van der Waals surface area (Å²) in [7, 11) is -3.86. The molecular weight excluding hydrogens is 603 g/mol. The topological polar surface area (TPSA) is 106 Å². The minimum absolute atomic E-state index is 0.00831. The number of alkyl halides is 3. The third-order valence-electron chi connectivity index (χ3n) is 6.77. The Morgan fingerprint density at radius 1 is 1.00 bits per heavy atom. The van der Waals surface area contributed by atoms with Crippen LogP contribution in [0, 0.1) is 0 Å². The third-order valence-corrected chi connectivity index (χ3v) is 9.60. The third kappa shape index (κ3) is 7.09. The zero-order chi connectivity index (χ0) is 30.6. The molecular formula is C29H28F3N5O4S2. The average molecular weight is 632 g/mol. The van der Waals surface area contributed by atoms with Crippen molar-refractivity contribution in [3.63, 3.8) is 0 Å².